The van der Waals surface area contributed by atoms with Crippen LogP contribution in [0, 0.1) is 13.8 Å². The van der Waals surface area contributed by atoms with E-state index in [2.05, 4.69) is 0 Å². The van der Waals surface area contributed by atoms with Gasteiger partial charge in [-0.2, -0.15) is 0 Å². The van der Waals surface area contributed by atoms with E-state index in [1.807, 2.05) is 26.0 Å². The molecule has 1 aromatic carbocycles. The summed E-state index contributed by atoms with van der Waals surface area (Å²) >= 11 is 0. The zero-order valence-electron chi connectivity index (χ0n) is 11.9. The van der Waals surface area contributed by atoms with Crippen LogP contribution in [0.25, 0.3) is 0 Å². The lowest BCUT2D eigenvalue weighted by Crippen LogP contribution is -2.34. The lowest BCUT2D eigenvalue weighted by molar-refractivity contribution is -0.153. The number of aryl methyl sites for hydroxylation is 2. The monoisotopic (exact) mass is 265 g/mol. The quantitative estimate of drug-likeness (QED) is 0.618. The van der Waals surface area contributed by atoms with Crippen LogP contribution < -0.4 is 9.64 Å². The normalized spacial score (nSPS) is 9.95. The summed E-state index contributed by atoms with van der Waals surface area (Å²) in [5.41, 5.74) is 2.61. The molecule has 1 amide bonds. The number of benzene rings is 1. The number of likely N-dealkylation sites (N-methyl/N-ethyl adjacent to an activating group) is 1. The van der Waals surface area contributed by atoms with Crippen molar-refractivity contribution in [2.45, 2.75) is 20.8 Å². The van der Waals surface area contributed by atoms with Crippen molar-refractivity contribution in [1.82, 2.24) is 0 Å². The highest BCUT2D eigenvalue weighted by Crippen LogP contribution is 2.30. The first-order valence-electron chi connectivity index (χ1n) is 6.02. The molecule has 0 aliphatic heterocycles. The van der Waals surface area contributed by atoms with Gasteiger partial charge in [-0.1, -0.05) is 0 Å². The number of hydrogen-bond donors (Lipinski definition) is 0. The standard InChI is InChI=1S/C14H19NO4/c1-6-19-14(17)13(16)15(4)11-7-9(2)10(3)8-12(11)18-5/h7-8H,6H2,1-5H3. The molecule has 0 heterocycles. The van der Waals surface area contributed by atoms with Crippen LogP contribution >= 0.6 is 0 Å². The Balaban J connectivity index is 3.11. The van der Waals surface area contributed by atoms with Crippen LogP contribution in [0.2, 0.25) is 0 Å². The van der Waals surface area contributed by atoms with Gasteiger partial charge in [0, 0.05) is 7.05 Å². The third-order valence-electron chi connectivity index (χ3n) is 2.91. The predicted octanol–water partition coefficient (Wildman–Crippen LogP) is 1.84. The van der Waals surface area contributed by atoms with Crippen LogP contribution in [0.4, 0.5) is 5.69 Å². The minimum absolute atomic E-state index is 0.169. The van der Waals surface area contributed by atoms with Gasteiger partial charge in [-0.15, -0.1) is 0 Å². The first kappa shape index (κ1) is 15.0. The molecule has 0 aromatic heterocycles. The first-order valence-corrected chi connectivity index (χ1v) is 6.02. The van der Waals surface area contributed by atoms with Gasteiger partial charge in [0.25, 0.3) is 0 Å². The van der Waals surface area contributed by atoms with Crippen molar-refractivity contribution < 1.29 is 19.1 Å². The number of nitrogens with zero attached hydrogens (tertiary/aromatic N) is 1. The van der Waals surface area contributed by atoms with Crippen molar-refractivity contribution in [3.05, 3.63) is 23.3 Å². The zero-order valence-corrected chi connectivity index (χ0v) is 11.9. The maximum atomic E-state index is 11.9. The number of methoxy groups -OCH3 is 1. The summed E-state index contributed by atoms with van der Waals surface area (Å²) in [5, 5.41) is 0. The highest BCUT2D eigenvalue weighted by Gasteiger charge is 2.23. The van der Waals surface area contributed by atoms with E-state index in [0.717, 1.165) is 11.1 Å². The second-order valence-corrected chi connectivity index (χ2v) is 4.19. The molecule has 0 fully saturated rings. The predicted molar refractivity (Wildman–Crippen MR) is 72.5 cm³/mol. The van der Waals surface area contributed by atoms with E-state index in [-0.39, 0.29) is 6.61 Å². The van der Waals surface area contributed by atoms with Gasteiger partial charge in [-0.25, -0.2) is 4.79 Å². The molecule has 1 aromatic rings. The van der Waals surface area contributed by atoms with Crippen molar-refractivity contribution in [1.29, 1.82) is 0 Å². The van der Waals surface area contributed by atoms with Gasteiger partial charge in [0.05, 0.1) is 19.4 Å². The van der Waals surface area contributed by atoms with Gasteiger partial charge in [0.1, 0.15) is 5.75 Å². The van der Waals surface area contributed by atoms with Crippen LogP contribution in [0.15, 0.2) is 12.1 Å². The third kappa shape index (κ3) is 3.24. The van der Waals surface area contributed by atoms with Crippen molar-refractivity contribution in [3.63, 3.8) is 0 Å². The second kappa shape index (κ2) is 6.22. The van der Waals surface area contributed by atoms with E-state index in [0.29, 0.717) is 11.4 Å². The fourth-order valence-electron chi connectivity index (χ4n) is 1.64. The van der Waals surface area contributed by atoms with Crippen molar-refractivity contribution in [2.75, 3.05) is 25.7 Å². The highest BCUT2D eigenvalue weighted by molar-refractivity contribution is 6.38. The molecule has 0 saturated heterocycles. The second-order valence-electron chi connectivity index (χ2n) is 4.19. The number of carbonyl (C=O) groups excluding carboxylic acids is 2. The van der Waals surface area contributed by atoms with Crippen molar-refractivity contribution >= 4 is 17.6 Å². The summed E-state index contributed by atoms with van der Waals surface area (Å²) in [6, 6.07) is 3.64. The Morgan fingerprint density at radius 1 is 1.21 bits per heavy atom. The Hall–Kier alpha value is -2.04. The Bertz CT molecular complexity index is 496. The molecule has 0 aliphatic rings. The Labute approximate surface area is 113 Å². The summed E-state index contributed by atoms with van der Waals surface area (Å²) in [5.74, 6) is -1.04. The number of esters is 1. The van der Waals surface area contributed by atoms with Crippen LogP contribution in [0.1, 0.15) is 18.1 Å². The van der Waals surface area contributed by atoms with Crippen molar-refractivity contribution in [3.8, 4) is 5.75 Å². The molecule has 0 unspecified atom stereocenters. The molecule has 1 rings (SSSR count). The minimum atomic E-state index is -0.870. The fraction of sp³-hybridized carbons (Fsp3) is 0.429. The summed E-state index contributed by atoms with van der Waals surface area (Å²) in [6.45, 7) is 5.71. The third-order valence-corrected chi connectivity index (χ3v) is 2.91. The number of ether oxygens (including phenoxy) is 2. The molecule has 5 heteroatoms. The number of anilines is 1. The summed E-state index contributed by atoms with van der Waals surface area (Å²) in [7, 11) is 3.04. The van der Waals surface area contributed by atoms with E-state index in [4.69, 9.17) is 9.47 Å². The number of hydrogen-bond acceptors (Lipinski definition) is 4. The Morgan fingerprint density at radius 2 is 1.79 bits per heavy atom. The molecule has 5 nitrogen and oxygen atoms in total. The minimum Gasteiger partial charge on any atom is -0.495 e. The Morgan fingerprint density at radius 3 is 2.32 bits per heavy atom. The van der Waals surface area contributed by atoms with Crippen LogP contribution in [0.3, 0.4) is 0 Å². The first-order chi connectivity index (χ1) is 8.92. The van der Waals surface area contributed by atoms with E-state index in [9.17, 15) is 9.59 Å². The molecular weight excluding hydrogens is 246 g/mol. The number of amides is 1. The highest BCUT2D eigenvalue weighted by atomic mass is 16.5. The molecular formula is C14H19NO4. The lowest BCUT2D eigenvalue weighted by atomic mass is 10.1. The largest absolute Gasteiger partial charge is 0.495 e. The molecule has 0 saturated carbocycles. The molecule has 0 bridgehead atoms. The molecule has 0 atom stereocenters. The van der Waals surface area contributed by atoms with E-state index < -0.39 is 11.9 Å². The molecule has 0 spiro atoms. The van der Waals surface area contributed by atoms with Crippen molar-refractivity contribution in [2.24, 2.45) is 0 Å². The van der Waals surface area contributed by atoms with Crippen LogP contribution in [0.5, 0.6) is 5.75 Å². The summed E-state index contributed by atoms with van der Waals surface area (Å²) < 4.78 is 9.95. The topological polar surface area (TPSA) is 55.8 Å². The number of rotatable bonds is 3. The molecule has 0 aliphatic carbocycles. The van der Waals surface area contributed by atoms with Gasteiger partial charge in [0.2, 0.25) is 0 Å². The zero-order chi connectivity index (χ0) is 14.6. The smallest absolute Gasteiger partial charge is 0.397 e. The molecule has 19 heavy (non-hydrogen) atoms. The summed E-state index contributed by atoms with van der Waals surface area (Å²) in [6.07, 6.45) is 0. The van der Waals surface area contributed by atoms with Gasteiger partial charge >= 0.3 is 11.9 Å². The van der Waals surface area contributed by atoms with Gasteiger partial charge in [-0.3, -0.25) is 4.79 Å². The van der Waals surface area contributed by atoms with Gasteiger partial charge in [0.15, 0.2) is 0 Å². The maximum absolute atomic E-state index is 11.9. The summed E-state index contributed by atoms with van der Waals surface area (Å²) in [4.78, 5) is 24.6. The van der Waals surface area contributed by atoms with E-state index >= 15 is 0 Å². The fourth-order valence-corrected chi connectivity index (χ4v) is 1.64. The average molecular weight is 265 g/mol. The lowest BCUT2D eigenvalue weighted by Gasteiger charge is -2.20. The van der Waals surface area contributed by atoms with Crippen LogP contribution in [-0.2, 0) is 14.3 Å². The maximum Gasteiger partial charge on any atom is 0.397 e. The molecule has 0 N–H and O–H groups in total. The Kier molecular flexibility index (Phi) is 4.92. The molecule has 0 radical (unpaired) electrons. The van der Waals surface area contributed by atoms with Crippen LogP contribution in [-0.4, -0.2) is 32.6 Å². The average Bonchev–Trinajstić information content (AvgIpc) is 2.39. The number of carbonyl (C=O) groups is 2. The van der Waals surface area contributed by atoms with E-state index in [1.165, 1.54) is 19.1 Å². The SMILES string of the molecule is CCOC(=O)C(=O)N(C)c1cc(C)c(C)cc1OC. The van der Waals surface area contributed by atoms with Gasteiger partial charge < -0.3 is 14.4 Å². The van der Waals surface area contributed by atoms with Gasteiger partial charge in [-0.05, 0) is 44.0 Å². The molecule has 104 valence electrons. The van der Waals surface area contributed by atoms with E-state index in [1.54, 1.807) is 6.92 Å².